The van der Waals surface area contributed by atoms with Gasteiger partial charge >= 0.3 is 5.97 Å². The molecule has 1 N–H and O–H groups in total. The van der Waals surface area contributed by atoms with Gasteiger partial charge in [0, 0.05) is 17.7 Å². The van der Waals surface area contributed by atoms with Crippen LogP contribution in [0.25, 0.3) is 0 Å². The van der Waals surface area contributed by atoms with Crippen molar-refractivity contribution in [2.45, 2.75) is 6.92 Å². The molecule has 0 aromatic carbocycles. The van der Waals surface area contributed by atoms with Crippen LogP contribution < -0.4 is 0 Å². The highest BCUT2D eigenvalue weighted by Gasteiger charge is 2.20. The summed E-state index contributed by atoms with van der Waals surface area (Å²) in [7, 11) is 1.43. The standard InChI is InChI=1S/C11H13BrN2O4/c1-3-18-9(16)6-14(2)11(17)10-8(15)4-7(12)5-13-10/h4-5,15H,3,6H2,1-2H3. The molecule has 0 aliphatic heterocycles. The van der Waals surface area contributed by atoms with Crippen LogP contribution in [0.3, 0.4) is 0 Å². The van der Waals surface area contributed by atoms with Gasteiger partial charge in [0.1, 0.15) is 12.3 Å². The number of aromatic nitrogens is 1. The van der Waals surface area contributed by atoms with Crippen LogP contribution in [0.2, 0.25) is 0 Å². The minimum absolute atomic E-state index is 0.106. The number of nitrogens with zero attached hydrogens (tertiary/aromatic N) is 2. The van der Waals surface area contributed by atoms with E-state index in [0.717, 1.165) is 4.90 Å². The molecule has 0 aliphatic carbocycles. The van der Waals surface area contributed by atoms with E-state index in [1.165, 1.54) is 19.3 Å². The Hall–Kier alpha value is -1.63. The predicted octanol–water partition coefficient (Wildman–Crippen LogP) is 1.18. The van der Waals surface area contributed by atoms with E-state index >= 15 is 0 Å². The predicted molar refractivity (Wildman–Crippen MR) is 67.2 cm³/mol. The molecule has 1 aromatic rings. The Morgan fingerprint density at radius 3 is 2.78 bits per heavy atom. The average Bonchev–Trinajstić information content (AvgIpc) is 2.28. The maximum Gasteiger partial charge on any atom is 0.325 e. The topological polar surface area (TPSA) is 79.7 Å². The maximum absolute atomic E-state index is 11.9. The molecule has 0 aliphatic rings. The van der Waals surface area contributed by atoms with Crippen LogP contribution in [0.4, 0.5) is 0 Å². The normalized spacial score (nSPS) is 9.94. The minimum Gasteiger partial charge on any atom is -0.505 e. The van der Waals surface area contributed by atoms with Crippen LogP contribution in [0.15, 0.2) is 16.7 Å². The summed E-state index contributed by atoms with van der Waals surface area (Å²) >= 11 is 3.12. The lowest BCUT2D eigenvalue weighted by atomic mass is 10.3. The van der Waals surface area contributed by atoms with Gasteiger partial charge in [-0.25, -0.2) is 4.98 Å². The molecule has 1 heterocycles. The van der Waals surface area contributed by atoms with Gasteiger partial charge in [0.15, 0.2) is 5.69 Å². The van der Waals surface area contributed by atoms with Crippen molar-refractivity contribution in [2.24, 2.45) is 0 Å². The SMILES string of the molecule is CCOC(=O)CN(C)C(=O)c1ncc(Br)cc1O. The molecule has 7 heteroatoms. The molecular weight excluding hydrogens is 304 g/mol. The first kappa shape index (κ1) is 14.4. The maximum atomic E-state index is 11.9. The van der Waals surface area contributed by atoms with Crippen molar-refractivity contribution < 1.29 is 19.4 Å². The number of hydrogen-bond donors (Lipinski definition) is 1. The molecule has 1 amide bonds. The Balaban J connectivity index is 2.77. The Morgan fingerprint density at radius 2 is 2.22 bits per heavy atom. The molecule has 1 aromatic heterocycles. The fourth-order valence-corrected chi connectivity index (χ4v) is 1.57. The Morgan fingerprint density at radius 1 is 1.56 bits per heavy atom. The fraction of sp³-hybridized carbons (Fsp3) is 0.364. The molecule has 1 rings (SSSR count). The van der Waals surface area contributed by atoms with E-state index in [1.54, 1.807) is 6.92 Å². The summed E-state index contributed by atoms with van der Waals surface area (Å²) in [5.74, 6) is -1.30. The molecule has 0 radical (unpaired) electrons. The minimum atomic E-state index is -0.548. The molecule has 0 fully saturated rings. The van der Waals surface area contributed by atoms with Crippen molar-refractivity contribution in [3.8, 4) is 5.75 Å². The summed E-state index contributed by atoms with van der Waals surface area (Å²) in [5.41, 5.74) is -0.106. The van der Waals surface area contributed by atoms with Crippen LogP contribution in [0, 0.1) is 0 Å². The van der Waals surface area contributed by atoms with Crippen molar-refractivity contribution >= 4 is 27.8 Å². The largest absolute Gasteiger partial charge is 0.505 e. The lowest BCUT2D eigenvalue weighted by Gasteiger charge is -2.16. The molecule has 0 saturated heterocycles. The summed E-state index contributed by atoms with van der Waals surface area (Å²) in [4.78, 5) is 28.1. The van der Waals surface area contributed by atoms with Gasteiger partial charge in [-0.1, -0.05) is 0 Å². The number of halogens is 1. The summed E-state index contributed by atoms with van der Waals surface area (Å²) in [5, 5.41) is 9.59. The Labute approximate surface area is 113 Å². The van der Waals surface area contributed by atoms with E-state index in [9.17, 15) is 14.7 Å². The van der Waals surface area contributed by atoms with Gasteiger partial charge in [0.25, 0.3) is 5.91 Å². The Kier molecular flexibility index (Phi) is 5.08. The van der Waals surface area contributed by atoms with Crippen LogP contribution in [0.1, 0.15) is 17.4 Å². The highest BCUT2D eigenvalue weighted by Crippen LogP contribution is 2.20. The van der Waals surface area contributed by atoms with Crippen molar-refractivity contribution in [3.63, 3.8) is 0 Å². The van der Waals surface area contributed by atoms with E-state index in [4.69, 9.17) is 4.74 Å². The smallest absolute Gasteiger partial charge is 0.325 e. The van der Waals surface area contributed by atoms with E-state index < -0.39 is 11.9 Å². The summed E-state index contributed by atoms with van der Waals surface area (Å²) < 4.78 is 5.28. The lowest BCUT2D eigenvalue weighted by molar-refractivity contribution is -0.143. The number of rotatable bonds is 4. The second kappa shape index (κ2) is 6.34. The number of carbonyl (C=O) groups is 2. The molecule has 0 unspecified atom stereocenters. The molecule has 0 spiro atoms. The van der Waals surface area contributed by atoms with Crippen molar-refractivity contribution in [1.82, 2.24) is 9.88 Å². The van der Waals surface area contributed by atoms with Gasteiger partial charge in [0.2, 0.25) is 0 Å². The van der Waals surface area contributed by atoms with Crippen LogP contribution in [-0.4, -0.2) is 47.1 Å². The number of pyridine rings is 1. The number of ether oxygens (including phenoxy) is 1. The zero-order valence-corrected chi connectivity index (χ0v) is 11.6. The number of hydrogen-bond acceptors (Lipinski definition) is 5. The van der Waals surface area contributed by atoms with E-state index in [-0.39, 0.29) is 24.6 Å². The number of likely N-dealkylation sites (N-methyl/N-ethyl adjacent to an activating group) is 1. The highest BCUT2D eigenvalue weighted by molar-refractivity contribution is 9.10. The quantitative estimate of drug-likeness (QED) is 0.844. The van der Waals surface area contributed by atoms with Crippen LogP contribution in [0.5, 0.6) is 5.75 Å². The molecule has 6 nitrogen and oxygen atoms in total. The molecule has 0 atom stereocenters. The zero-order chi connectivity index (χ0) is 13.7. The number of amides is 1. The van der Waals surface area contributed by atoms with Gasteiger partial charge < -0.3 is 14.7 Å². The third-order valence-corrected chi connectivity index (χ3v) is 2.49. The first-order valence-corrected chi connectivity index (χ1v) is 6.00. The van der Waals surface area contributed by atoms with Gasteiger partial charge in [-0.2, -0.15) is 0 Å². The molecule has 98 valence electrons. The third kappa shape index (κ3) is 3.69. The van der Waals surface area contributed by atoms with Crippen LogP contribution >= 0.6 is 15.9 Å². The average molecular weight is 317 g/mol. The third-order valence-electron chi connectivity index (χ3n) is 2.06. The first-order valence-electron chi connectivity index (χ1n) is 5.21. The lowest BCUT2D eigenvalue weighted by Crippen LogP contribution is -2.33. The van der Waals surface area contributed by atoms with Crippen molar-refractivity contribution in [2.75, 3.05) is 20.2 Å². The number of esters is 1. The van der Waals surface area contributed by atoms with Gasteiger partial charge in [-0.3, -0.25) is 9.59 Å². The molecule has 18 heavy (non-hydrogen) atoms. The fourth-order valence-electron chi connectivity index (χ4n) is 1.25. The highest BCUT2D eigenvalue weighted by atomic mass is 79.9. The van der Waals surface area contributed by atoms with Crippen molar-refractivity contribution in [3.05, 3.63) is 22.4 Å². The molecule has 0 bridgehead atoms. The van der Waals surface area contributed by atoms with Gasteiger partial charge in [-0.15, -0.1) is 0 Å². The molecular formula is C11H13BrN2O4. The summed E-state index contributed by atoms with van der Waals surface area (Å²) in [6, 6.07) is 1.36. The second-order valence-electron chi connectivity index (χ2n) is 3.49. The summed E-state index contributed by atoms with van der Waals surface area (Å²) in [6.07, 6.45) is 1.39. The monoisotopic (exact) mass is 316 g/mol. The number of aromatic hydroxyl groups is 1. The van der Waals surface area contributed by atoms with Gasteiger partial charge in [-0.05, 0) is 28.9 Å². The van der Waals surface area contributed by atoms with E-state index in [0.29, 0.717) is 4.47 Å². The molecule has 0 saturated carbocycles. The second-order valence-corrected chi connectivity index (χ2v) is 4.40. The number of carbonyl (C=O) groups excluding carboxylic acids is 2. The zero-order valence-electron chi connectivity index (χ0n) is 10.0. The summed E-state index contributed by atoms with van der Waals surface area (Å²) in [6.45, 7) is 1.74. The first-order chi connectivity index (χ1) is 8.45. The Bertz CT molecular complexity index is 464. The van der Waals surface area contributed by atoms with Crippen LogP contribution in [-0.2, 0) is 9.53 Å². The van der Waals surface area contributed by atoms with Gasteiger partial charge in [0.05, 0.1) is 6.61 Å². The van der Waals surface area contributed by atoms with E-state index in [2.05, 4.69) is 20.9 Å². The van der Waals surface area contributed by atoms with Crippen molar-refractivity contribution in [1.29, 1.82) is 0 Å². The van der Waals surface area contributed by atoms with E-state index in [1.807, 2.05) is 0 Å².